The molecule has 0 saturated heterocycles. The summed E-state index contributed by atoms with van der Waals surface area (Å²) in [6, 6.07) is 5.84. The molecule has 0 aliphatic heterocycles. The van der Waals surface area contributed by atoms with Gasteiger partial charge in [-0.2, -0.15) is 13.8 Å². The van der Waals surface area contributed by atoms with Gasteiger partial charge in [0, 0.05) is 24.8 Å². The number of carbonyl (C=O) groups excluding carboxylic acids is 1. The number of carbonyl (C=O) groups is 1. The Kier molecular flexibility index (Phi) is 4.21. The lowest BCUT2D eigenvalue weighted by Gasteiger charge is -2.12. The van der Waals surface area contributed by atoms with Crippen LogP contribution < -0.4 is 10.6 Å². The Morgan fingerprint density at radius 1 is 1.33 bits per heavy atom. The van der Waals surface area contributed by atoms with Crippen molar-refractivity contribution in [3.63, 3.8) is 0 Å². The van der Waals surface area contributed by atoms with Gasteiger partial charge in [-0.1, -0.05) is 0 Å². The first-order chi connectivity index (χ1) is 12.9. The molecular weight excluding hydrogens is 359 g/mol. The standard InChI is InChI=1S/C18H16F3N5O/c1-26-8-23-16-13(24-18(27)11-6-12(11)19)4-10(5-14(16)26)22-7-9-2-3-15(20)25-17(9)21/h2-5,8,11-12,22H,6-7H2,1H3,(H,24,27)/t11-,12+/m0/s1. The fraction of sp³-hybridized carbons (Fsp3) is 0.278. The van der Waals surface area contributed by atoms with E-state index in [9.17, 15) is 18.0 Å². The Balaban J connectivity index is 1.60. The number of nitrogens with one attached hydrogen (secondary N) is 2. The zero-order valence-electron chi connectivity index (χ0n) is 14.3. The summed E-state index contributed by atoms with van der Waals surface area (Å²) in [5.41, 5.74) is 2.54. The van der Waals surface area contributed by atoms with E-state index < -0.39 is 24.0 Å². The van der Waals surface area contributed by atoms with E-state index in [4.69, 9.17) is 0 Å². The van der Waals surface area contributed by atoms with Gasteiger partial charge in [-0.3, -0.25) is 4.79 Å². The topological polar surface area (TPSA) is 71.8 Å². The number of alkyl halides is 1. The zero-order valence-corrected chi connectivity index (χ0v) is 14.3. The maximum absolute atomic E-state index is 13.7. The Hall–Kier alpha value is -3.10. The molecule has 2 aromatic heterocycles. The van der Waals surface area contributed by atoms with Crippen molar-refractivity contribution in [2.45, 2.75) is 19.1 Å². The van der Waals surface area contributed by atoms with Gasteiger partial charge in [-0.05, 0) is 30.7 Å². The molecule has 2 atom stereocenters. The number of aromatic nitrogens is 3. The number of fused-ring (bicyclic) bond motifs is 1. The highest BCUT2D eigenvalue weighted by Gasteiger charge is 2.43. The fourth-order valence-electron chi connectivity index (χ4n) is 2.86. The summed E-state index contributed by atoms with van der Waals surface area (Å²) < 4.78 is 41.5. The summed E-state index contributed by atoms with van der Waals surface area (Å²) >= 11 is 0. The van der Waals surface area contributed by atoms with Crippen molar-refractivity contribution in [1.29, 1.82) is 0 Å². The van der Waals surface area contributed by atoms with E-state index in [-0.39, 0.29) is 24.4 Å². The van der Waals surface area contributed by atoms with E-state index in [1.165, 1.54) is 6.07 Å². The maximum atomic E-state index is 13.7. The van der Waals surface area contributed by atoms with Crippen molar-refractivity contribution in [3.05, 3.63) is 48.1 Å². The van der Waals surface area contributed by atoms with Gasteiger partial charge in [0.25, 0.3) is 0 Å². The molecule has 0 radical (unpaired) electrons. The van der Waals surface area contributed by atoms with Crippen LogP contribution in [-0.2, 0) is 18.4 Å². The molecule has 2 heterocycles. The molecule has 0 bridgehead atoms. The van der Waals surface area contributed by atoms with Crippen LogP contribution in [0.25, 0.3) is 11.0 Å². The largest absolute Gasteiger partial charge is 0.381 e. The molecule has 140 valence electrons. The highest BCUT2D eigenvalue weighted by Crippen LogP contribution is 2.36. The third-order valence-electron chi connectivity index (χ3n) is 4.51. The number of anilines is 2. The first-order valence-corrected chi connectivity index (χ1v) is 8.37. The van der Waals surface area contributed by atoms with Crippen molar-refractivity contribution in [2.75, 3.05) is 10.6 Å². The van der Waals surface area contributed by atoms with Crippen LogP contribution in [-0.4, -0.2) is 26.6 Å². The van der Waals surface area contributed by atoms with E-state index in [1.807, 2.05) is 0 Å². The second-order valence-corrected chi connectivity index (χ2v) is 6.53. The fourth-order valence-corrected chi connectivity index (χ4v) is 2.86. The summed E-state index contributed by atoms with van der Waals surface area (Å²) in [6.45, 7) is 0.0744. The van der Waals surface area contributed by atoms with Crippen molar-refractivity contribution in [3.8, 4) is 0 Å². The number of halogens is 3. The Morgan fingerprint density at radius 3 is 2.81 bits per heavy atom. The van der Waals surface area contributed by atoms with Crippen LogP contribution in [0.3, 0.4) is 0 Å². The smallest absolute Gasteiger partial charge is 0.230 e. The van der Waals surface area contributed by atoms with E-state index in [0.717, 1.165) is 11.6 Å². The van der Waals surface area contributed by atoms with Crippen LogP contribution in [0.1, 0.15) is 12.0 Å². The van der Waals surface area contributed by atoms with E-state index in [0.29, 0.717) is 16.9 Å². The molecule has 0 unspecified atom stereocenters. The number of hydrogen-bond donors (Lipinski definition) is 2. The number of benzene rings is 1. The highest BCUT2D eigenvalue weighted by molar-refractivity contribution is 6.03. The van der Waals surface area contributed by atoms with Crippen LogP contribution in [0.2, 0.25) is 0 Å². The van der Waals surface area contributed by atoms with Crippen LogP contribution in [0, 0.1) is 17.8 Å². The molecule has 1 aliphatic rings. The molecule has 1 fully saturated rings. The number of nitrogens with zero attached hydrogens (tertiary/aromatic N) is 3. The predicted molar refractivity (Wildman–Crippen MR) is 93.8 cm³/mol. The average molecular weight is 375 g/mol. The van der Waals surface area contributed by atoms with Crippen LogP contribution in [0.5, 0.6) is 0 Å². The minimum absolute atomic E-state index is 0.0744. The lowest BCUT2D eigenvalue weighted by Crippen LogP contribution is -2.15. The summed E-state index contributed by atoms with van der Waals surface area (Å²) in [7, 11) is 1.80. The molecule has 1 amide bonds. The van der Waals surface area contributed by atoms with Crippen LogP contribution in [0.4, 0.5) is 24.5 Å². The number of amides is 1. The molecule has 1 aliphatic carbocycles. The minimum atomic E-state index is -1.10. The van der Waals surface area contributed by atoms with Crippen molar-refractivity contribution in [1.82, 2.24) is 14.5 Å². The first kappa shape index (κ1) is 17.3. The maximum Gasteiger partial charge on any atom is 0.230 e. The lowest BCUT2D eigenvalue weighted by molar-refractivity contribution is -0.117. The van der Waals surface area contributed by atoms with E-state index >= 15 is 0 Å². The van der Waals surface area contributed by atoms with Gasteiger partial charge in [0.2, 0.25) is 17.8 Å². The van der Waals surface area contributed by atoms with Crippen molar-refractivity contribution in [2.24, 2.45) is 13.0 Å². The molecule has 3 aromatic rings. The third-order valence-corrected chi connectivity index (χ3v) is 4.51. The van der Waals surface area contributed by atoms with Gasteiger partial charge >= 0.3 is 0 Å². The van der Waals surface area contributed by atoms with E-state index in [1.54, 1.807) is 30.1 Å². The molecule has 1 saturated carbocycles. The Bertz CT molecular complexity index is 1040. The number of pyridine rings is 1. The third kappa shape index (κ3) is 3.44. The minimum Gasteiger partial charge on any atom is -0.381 e. The SMILES string of the molecule is Cn1cnc2c(NC(=O)[C@H]3C[C@H]3F)cc(NCc3ccc(F)nc3F)cc21. The molecule has 4 rings (SSSR count). The average Bonchev–Trinajstić information content (AvgIpc) is 3.25. The number of hydrogen-bond acceptors (Lipinski definition) is 4. The summed E-state index contributed by atoms with van der Waals surface area (Å²) in [5.74, 6) is -2.79. The van der Waals surface area contributed by atoms with Gasteiger partial charge in [0.1, 0.15) is 11.7 Å². The van der Waals surface area contributed by atoms with Crippen LogP contribution in [0.15, 0.2) is 30.6 Å². The Labute approximate surface area is 152 Å². The van der Waals surface area contributed by atoms with Gasteiger partial charge in [0.05, 0.1) is 23.4 Å². The number of rotatable bonds is 5. The number of imidazole rings is 1. The Morgan fingerprint density at radius 2 is 2.11 bits per heavy atom. The number of aryl methyl sites for hydroxylation is 1. The van der Waals surface area contributed by atoms with E-state index in [2.05, 4.69) is 20.6 Å². The second-order valence-electron chi connectivity index (χ2n) is 6.53. The zero-order chi connectivity index (χ0) is 19.1. The van der Waals surface area contributed by atoms with Gasteiger partial charge in [-0.25, -0.2) is 9.37 Å². The van der Waals surface area contributed by atoms with Crippen molar-refractivity contribution >= 4 is 28.3 Å². The van der Waals surface area contributed by atoms with Crippen molar-refractivity contribution < 1.29 is 18.0 Å². The summed E-state index contributed by atoms with van der Waals surface area (Å²) in [4.78, 5) is 19.5. The lowest BCUT2D eigenvalue weighted by atomic mass is 10.2. The molecule has 9 heteroatoms. The summed E-state index contributed by atoms with van der Waals surface area (Å²) in [6.07, 6.45) is 0.730. The van der Waals surface area contributed by atoms with Gasteiger partial charge in [-0.15, -0.1) is 0 Å². The molecular formula is C18H16F3N5O. The predicted octanol–water partition coefficient (Wildman–Crippen LogP) is 3.16. The molecule has 0 spiro atoms. The summed E-state index contributed by atoms with van der Waals surface area (Å²) in [5, 5.41) is 5.75. The first-order valence-electron chi connectivity index (χ1n) is 8.37. The van der Waals surface area contributed by atoms with Gasteiger partial charge in [0.15, 0.2) is 0 Å². The molecule has 27 heavy (non-hydrogen) atoms. The van der Waals surface area contributed by atoms with Crippen LogP contribution >= 0.6 is 0 Å². The monoisotopic (exact) mass is 375 g/mol. The quantitative estimate of drug-likeness (QED) is 0.672. The molecule has 6 nitrogen and oxygen atoms in total. The highest BCUT2D eigenvalue weighted by atomic mass is 19.1. The molecule has 2 N–H and O–H groups in total. The normalized spacial score (nSPS) is 18.5. The van der Waals surface area contributed by atoms with Gasteiger partial charge < -0.3 is 15.2 Å². The second kappa shape index (κ2) is 6.57. The molecule has 1 aromatic carbocycles.